The van der Waals surface area contributed by atoms with E-state index in [9.17, 15) is 14.0 Å². The molecule has 1 aromatic carbocycles. The Balaban J connectivity index is 1.87. The first-order chi connectivity index (χ1) is 11.1. The lowest BCUT2D eigenvalue weighted by molar-refractivity contribution is -0.124. The first-order valence-corrected chi connectivity index (χ1v) is 7.63. The third kappa shape index (κ3) is 3.02. The van der Waals surface area contributed by atoms with E-state index in [1.54, 1.807) is 6.07 Å². The summed E-state index contributed by atoms with van der Waals surface area (Å²) in [5, 5.41) is 3.00. The molecule has 2 heterocycles. The van der Waals surface area contributed by atoms with Crippen molar-refractivity contribution in [1.29, 1.82) is 0 Å². The van der Waals surface area contributed by atoms with Gasteiger partial charge in [-0.05, 0) is 32.0 Å². The smallest absolute Gasteiger partial charge is 0.264 e. The molecule has 2 atom stereocenters. The Kier molecular flexibility index (Phi) is 4.49. The SMILES string of the molecule is CCO[C@H]1CCN[C@@H]1C(=O)Cn1cnc2cccc(F)c2c1=O. The highest BCUT2D eigenvalue weighted by Gasteiger charge is 2.33. The molecule has 0 aliphatic carbocycles. The molecular weight excluding hydrogens is 301 g/mol. The van der Waals surface area contributed by atoms with E-state index in [1.807, 2.05) is 6.92 Å². The maximum atomic E-state index is 13.9. The van der Waals surface area contributed by atoms with E-state index in [4.69, 9.17) is 4.74 Å². The number of benzene rings is 1. The van der Waals surface area contributed by atoms with Crippen LogP contribution in [0.15, 0.2) is 29.3 Å². The Bertz CT molecular complexity index is 790. The second-order valence-electron chi connectivity index (χ2n) is 5.49. The molecule has 0 radical (unpaired) electrons. The summed E-state index contributed by atoms with van der Waals surface area (Å²) in [6.45, 7) is 2.94. The zero-order chi connectivity index (χ0) is 16.4. The minimum absolute atomic E-state index is 0.0939. The predicted octanol–water partition coefficient (Wildman–Crippen LogP) is 0.872. The first-order valence-electron chi connectivity index (χ1n) is 7.63. The topological polar surface area (TPSA) is 73.2 Å². The second-order valence-corrected chi connectivity index (χ2v) is 5.49. The summed E-state index contributed by atoms with van der Waals surface area (Å²) in [7, 11) is 0. The number of nitrogens with zero attached hydrogens (tertiary/aromatic N) is 2. The molecule has 6 nitrogen and oxygen atoms in total. The molecule has 0 amide bonds. The summed E-state index contributed by atoms with van der Waals surface area (Å²) in [5.74, 6) is -0.798. The van der Waals surface area contributed by atoms with Gasteiger partial charge in [-0.3, -0.25) is 14.2 Å². The molecule has 1 N–H and O–H groups in total. The maximum Gasteiger partial charge on any atom is 0.264 e. The van der Waals surface area contributed by atoms with E-state index in [-0.39, 0.29) is 29.3 Å². The highest BCUT2D eigenvalue weighted by atomic mass is 19.1. The lowest BCUT2D eigenvalue weighted by Gasteiger charge is -2.18. The largest absolute Gasteiger partial charge is 0.376 e. The zero-order valence-corrected chi connectivity index (χ0v) is 12.8. The van der Waals surface area contributed by atoms with Crippen molar-refractivity contribution in [2.75, 3.05) is 13.2 Å². The average Bonchev–Trinajstić information content (AvgIpc) is 2.99. The molecule has 3 rings (SSSR count). The molecule has 1 aromatic heterocycles. The van der Waals surface area contributed by atoms with Gasteiger partial charge in [0.15, 0.2) is 5.78 Å². The van der Waals surface area contributed by atoms with Crippen molar-refractivity contribution in [2.24, 2.45) is 0 Å². The van der Waals surface area contributed by atoms with Gasteiger partial charge in [0, 0.05) is 6.61 Å². The minimum Gasteiger partial charge on any atom is -0.376 e. The number of ketones is 1. The van der Waals surface area contributed by atoms with Crippen LogP contribution in [0.25, 0.3) is 10.9 Å². The van der Waals surface area contributed by atoms with Crippen LogP contribution in [0.1, 0.15) is 13.3 Å². The van der Waals surface area contributed by atoms with Gasteiger partial charge in [0.05, 0.1) is 30.5 Å². The van der Waals surface area contributed by atoms with E-state index >= 15 is 0 Å². The van der Waals surface area contributed by atoms with Crippen LogP contribution in [-0.4, -0.2) is 40.6 Å². The summed E-state index contributed by atoms with van der Waals surface area (Å²) in [4.78, 5) is 28.9. The van der Waals surface area contributed by atoms with Crippen LogP contribution in [0.4, 0.5) is 4.39 Å². The maximum absolute atomic E-state index is 13.9. The van der Waals surface area contributed by atoms with Gasteiger partial charge < -0.3 is 10.1 Å². The molecule has 0 unspecified atom stereocenters. The van der Waals surface area contributed by atoms with Crippen LogP contribution in [0.3, 0.4) is 0 Å². The van der Waals surface area contributed by atoms with Gasteiger partial charge in [0.2, 0.25) is 0 Å². The molecule has 0 spiro atoms. The number of carbonyl (C=O) groups excluding carboxylic acids is 1. The number of hydrogen-bond acceptors (Lipinski definition) is 5. The van der Waals surface area contributed by atoms with E-state index in [2.05, 4.69) is 10.3 Å². The highest BCUT2D eigenvalue weighted by Crippen LogP contribution is 2.14. The van der Waals surface area contributed by atoms with Crippen LogP contribution in [0, 0.1) is 5.82 Å². The molecule has 0 bridgehead atoms. The van der Waals surface area contributed by atoms with E-state index in [0.717, 1.165) is 11.0 Å². The van der Waals surface area contributed by atoms with Gasteiger partial charge in [-0.15, -0.1) is 0 Å². The van der Waals surface area contributed by atoms with Crippen LogP contribution in [0.5, 0.6) is 0 Å². The van der Waals surface area contributed by atoms with Crippen molar-refractivity contribution >= 4 is 16.7 Å². The number of ether oxygens (including phenoxy) is 1. The van der Waals surface area contributed by atoms with E-state index in [1.165, 1.54) is 18.5 Å². The van der Waals surface area contributed by atoms with Crippen molar-refractivity contribution in [3.63, 3.8) is 0 Å². The minimum atomic E-state index is -0.631. The molecule has 7 heteroatoms. The third-order valence-corrected chi connectivity index (χ3v) is 4.02. The molecule has 1 fully saturated rings. The Hall–Kier alpha value is -2.12. The first kappa shape index (κ1) is 15.8. The van der Waals surface area contributed by atoms with Crippen molar-refractivity contribution in [3.05, 3.63) is 40.7 Å². The molecule has 0 saturated carbocycles. The van der Waals surface area contributed by atoms with Gasteiger partial charge in [-0.1, -0.05) is 6.07 Å². The summed E-state index contributed by atoms with van der Waals surface area (Å²) < 4.78 is 20.6. The fraction of sp³-hybridized carbons (Fsp3) is 0.438. The fourth-order valence-electron chi connectivity index (χ4n) is 2.93. The van der Waals surface area contributed by atoms with Gasteiger partial charge >= 0.3 is 0 Å². The second kappa shape index (κ2) is 6.55. The van der Waals surface area contributed by atoms with Gasteiger partial charge in [0.1, 0.15) is 11.2 Å². The molecule has 2 aromatic rings. The Morgan fingerprint density at radius 1 is 1.52 bits per heavy atom. The number of nitrogens with one attached hydrogen (secondary N) is 1. The summed E-state index contributed by atoms with van der Waals surface area (Å²) in [6.07, 6.45) is 1.85. The Morgan fingerprint density at radius 3 is 3.13 bits per heavy atom. The molecule has 23 heavy (non-hydrogen) atoms. The standard InChI is InChI=1S/C16H18FN3O3/c1-2-23-13-6-7-18-15(13)12(21)8-20-9-19-11-5-3-4-10(17)14(11)16(20)22/h3-5,9,13,15,18H,2,6-8H2,1H3/t13-,15+/m0/s1. The third-order valence-electron chi connectivity index (χ3n) is 4.02. The van der Waals surface area contributed by atoms with Crippen LogP contribution in [-0.2, 0) is 16.1 Å². The van der Waals surface area contributed by atoms with Gasteiger partial charge in [-0.25, -0.2) is 9.37 Å². The number of halogens is 1. The fourth-order valence-corrected chi connectivity index (χ4v) is 2.93. The van der Waals surface area contributed by atoms with Crippen LogP contribution >= 0.6 is 0 Å². The number of rotatable bonds is 5. The van der Waals surface area contributed by atoms with Crippen molar-refractivity contribution in [3.8, 4) is 0 Å². The van der Waals surface area contributed by atoms with Crippen molar-refractivity contribution in [1.82, 2.24) is 14.9 Å². The number of aromatic nitrogens is 2. The van der Waals surface area contributed by atoms with E-state index < -0.39 is 17.4 Å². The number of carbonyl (C=O) groups is 1. The van der Waals surface area contributed by atoms with Crippen molar-refractivity contribution < 1.29 is 13.9 Å². The average molecular weight is 319 g/mol. The molecule has 1 aliphatic heterocycles. The predicted molar refractivity (Wildman–Crippen MR) is 82.8 cm³/mol. The number of Topliss-reactive ketones (excluding diaryl/α,β-unsaturated/α-hetero) is 1. The zero-order valence-electron chi connectivity index (χ0n) is 12.8. The Morgan fingerprint density at radius 2 is 2.35 bits per heavy atom. The summed E-state index contributed by atoms with van der Waals surface area (Å²) in [6, 6.07) is 3.82. The monoisotopic (exact) mass is 319 g/mol. The molecule has 1 aliphatic rings. The molecular formula is C16H18FN3O3. The number of fused-ring (bicyclic) bond motifs is 1. The van der Waals surface area contributed by atoms with Crippen molar-refractivity contribution in [2.45, 2.75) is 32.0 Å². The summed E-state index contributed by atoms with van der Waals surface area (Å²) in [5.41, 5.74) is -0.266. The number of hydrogen-bond donors (Lipinski definition) is 1. The van der Waals surface area contributed by atoms with Crippen LogP contribution in [0.2, 0.25) is 0 Å². The van der Waals surface area contributed by atoms with Crippen LogP contribution < -0.4 is 10.9 Å². The molecule has 1 saturated heterocycles. The summed E-state index contributed by atoms with van der Waals surface area (Å²) >= 11 is 0. The lowest BCUT2D eigenvalue weighted by atomic mass is 10.1. The van der Waals surface area contributed by atoms with E-state index in [0.29, 0.717) is 13.2 Å². The Labute approximate surface area is 132 Å². The normalized spacial score (nSPS) is 21.0. The quantitative estimate of drug-likeness (QED) is 0.885. The van der Waals surface area contributed by atoms with Gasteiger partial charge in [-0.2, -0.15) is 0 Å². The highest BCUT2D eigenvalue weighted by molar-refractivity contribution is 5.85. The lowest BCUT2D eigenvalue weighted by Crippen LogP contribution is -2.43. The molecule has 122 valence electrons. The van der Waals surface area contributed by atoms with Gasteiger partial charge in [0.25, 0.3) is 5.56 Å².